The number of aryl methyl sites for hydroxylation is 4. The number of carbonyl (C=O) groups is 1. The summed E-state index contributed by atoms with van der Waals surface area (Å²) in [5, 5.41) is 5.71. The third-order valence-electron chi connectivity index (χ3n) is 6.32. The van der Waals surface area contributed by atoms with Crippen LogP contribution in [0.5, 0.6) is 0 Å². The molecule has 3 aromatic heterocycles. The van der Waals surface area contributed by atoms with Gasteiger partial charge in [0.25, 0.3) is 0 Å². The Balaban J connectivity index is 1.28. The fourth-order valence-corrected chi connectivity index (χ4v) is 4.69. The molecule has 1 aromatic carbocycles. The SMILES string of the molecule is Cc1cc(C)n(-c2cc(N3CCN(C(=O)Cc4cn(C)c5ccccc45)CC3)nc(C)n2)n1. The maximum absolute atomic E-state index is 13.1. The number of anilines is 1. The quantitative estimate of drug-likeness (QED) is 0.485. The Morgan fingerprint density at radius 2 is 1.70 bits per heavy atom. The first-order chi connectivity index (χ1) is 15.9. The summed E-state index contributed by atoms with van der Waals surface area (Å²) >= 11 is 0. The molecule has 8 heteroatoms. The summed E-state index contributed by atoms with van der Waals surface area (Å²) in [5.41, 5.74) is 4.24. The van der Waals surface area contributed by atoms with Gasteiger partial charge in [0.1, 0.15) is 11.6 Å². The van der Waals surface area contributed by atoms with E-state index in [0.29, 0.717) is 25.3 Å². The molecule has 1 fully saturated rings. The van der Waals surface area contributed by atoms with Gasteiger partial charge in [0.05, 0.1) is 12.1 Å². The molecule has 0 aliphatic carbocycles. The third kappa shape index (κ3) is 4.08. The summed E-state index contributed by atoms with van der Waals surface area (Å²) in [6.45, 7) is 8.76. The van der Waals surface area contributed by atoms with Crippen molar-refractivity contribution in [2.24, 2.45) is 7.05 Å². The zero-order valence-corrected chi connectivity index (χ0v) is 19.6. The summed E-state index contributed by atoms with van der Waals surface area (Å²) < 4.78 is 3.95. The number of nitrogens with zero attached hydrogens (tertiary/aromatic N) is 7. The minimum atomic E-state index is 0.174. The second-order valence-electron chi connectivity index (χ2n) is 8.80. The van der Waals surface area contributed by atoms with Crippen molar-refractivity contribution in [1.82, 2.24) is 29.2 Å². The lowest BCUT2D eigenvalue weighted by Gasteiger charge is -2.35. The predicted octanol–water partition coefficient (Wildman–Crippen LogP) is 2.97. The van der Waals surface area contributed by atoms with Gasteiger partial charge in [-0.25, -0.2) is 14.6 Å². The Morgan fingerprint density at radius 1 is 0.970 bits per heavy atom. The minimum absolute atomic E-state index is 0.174. The number of aromatic nitrogens is 5. The number of hydrogen-bond donors (Lipinski definition) is 0. The van der Waals surface area contributed by atoms with Crippen LogP contribution in [0.3, 0.4) is 0 Å². The molecule has 4 aromatic rings. The first-order valence-electron chi connectivity index (χ1n) is 11.3. The Kier molecular flexibility index (Phi) is 5.36. The zero-order chi connectivity index (χ0) is 23.1. The van der Waals surface area contributed by atoms with Gasteiger partial charge in [0.2, 0.25) is 5.91 Å². The van der Waals surface area contributed by atoms with Crippen LogP contribution >= 0.6 is 0 Å². The maximum atomic E-state index is 13.1. The number of para-hydroxylation sites is 1. The first-order valence-corrected chi connectivity index (χ1v) is 11.3. The van der Waals surface area contributed by atoms with E-state index in [-0.39, 0.29) is 5.91 Å². The van der Waals surface area contributed by atoms with Crippen molar-refractivity contribution >= 4 is 22.6 Å². The van der Waals surface area contributed by atoms with Gasteiger partial charge in [-0.05, 0) is 38.5 Å². The lowest BCUT2D eigenvalue weighted by atomic mass is 10.1. The largest absolute Gasteiger partial charge is 0.353 e. The van der Waals surface area contributed by atoms with Crippen molar-refractivity contribution in [1.29, 1.82) is 0 Å². The fraction of sp³-hybridized carbons (Fsp3) is 0.360. The molecule has 0 spiro atoms. The molecule has 170 valence electrons. The standard InChI is InChI=1S/C25H29N7O/c1-17-13-18(2)32(28-17)24-15-23(26-19(3)27-24)30-9-11-31(12-10-30)25(33)14-20-16-29(4)22-8-6-5-7-21(20)22/h5-8,13,15-16H,9-12,14H2,1-4H3. The van der Waals surface area contributed by atoms with Gasteiger partial charge in [-0.1, -0.05) is 18.2 Å². The van der Waals surface area contributed by atoms with Gasteiger partial charge in [0.15, 0.2) is 5.82 Å². The molecule has 0 radical (unpaired) electrons. The number of piperazine rings is 1. The van der Waals surface area contributed by atoms with Crippen LogP contribution in [0, 0.1) is 20.8 Å². The zero-order valence-electron chi connectivity index (χ0n) is 19.6. The topological polar surface area (TPSA) is 72.1 Å². The summed E-state index contributed by atoms with van der Waals surface area (Å²) in [4.78, 5) is 26.5. The highest BCUT2D eigenvalue weighted by Gasteiger charge is 2.24. The van der Waals surface area contributed by atoms with E-state index < -0.39 is 0 Å². The molecule has 1 aliphatic heterocycles. The molecule has 1 aliphatic rings. The van der Waals surface area contributed by atoms with Crippen LogP contribution in [-0.2, 0) is 18.3 Å². The lowest BCUT2D eigenvalue weighted by Crippen LogP contribution is -2.49. The van der Waals surface area contributed by atoms with Crippen molar-refractivity contribution in [3.63, 3.8) is 0 Å². The predicted molar refractivity (Wildman–Crippen MR) is 129 cm³/mol. The fourth-order valence-electron chi connectivity index (χ4n) is 4.69. The summed E-state index contributed by atoms with van der Waals surface area (Å²) in [5.74, 6) is 2.54. The second kappa shape index (κ2) is 8.35. The average Bonchev–Trinajstić information content (AvgIpc) is 3.31. The Bertz CT molecular complexity index is 1330. The first kappa shape index (κ1) is 21.2. The molecule has 0 N–H and O–H groups in total. The molecule has 0 atom stereocenters. The van der Waals surface area contributed by atoms with Gasteiger partial charge in [0, 0.05) is 62.1 Å². The molecule has 5 rings (SSSR count). The van der Waals surface area contributed by atoms with E-state index in [0.717, 1.165) is 52.6 Å². The lowest BCUT2D eigenvalue weighted by molar-refractivity contribution is -0.130. The van der Waals surface area contributed by atoms with Crippen LogP contribution in [0.2, 0.25) is 0 Å². The van der Waals surface area contributed by atoms with E-state index in [1.165, 1.54) is 0 Å². The van der Waals surface area contributed by atoms with Crippen molar-refractivity contribution in [2.75, 3.05) is 31.1 Å². The van der Waals surface area contributed by atoms with E-state index in [1.54, 1.807) is 0 Å². The van der Waals surface area contributed by atoms with E-state index in [1.807, 2.05) is 61.7 Å². The minimum Gasteiger partial charge on any atom is -0.353 e. The van der Waals surface area contributed by atoms with E-state index >= 15 is 0 Å². The smallest absolute Gasteiger partial charge is 0.227 e. The highest BCUT2D eigenvalue weighted by atomic mass is 16.2. The Morgan fingerprint density at radius 3 is 2.42 bits per heavy atom. The van der Waals surface area contributed by atoms with E-state index in [9.17, 15) is 4.79 Å². The van der Waals surface area contributed by atoms with Crippen molar-refractivity contribution in [3.8, 4) is 5.82 Å². The number of hydrogen-bond acceptors (Lipinski definition) is 5. The Labute approximate surface area is 193 Å². The molecule has 0 unspecified atom stereocenters. The van der Waals surface area contributed by atoms with Crippen LogP contribution < -0.4 is 4.90 Å². The molecule has 1 amide bonds. The van der Waals surface area contributed by atoms with Gasteiger partial charge < -0.3 is 14.4 Å². The number of amides is 1. The monoisotopic (exact) mass is 443 g/mol. The van der Waals surface area contributed by atoms with Crippen LogP contribution in [0.25, 0.3) is 16.7 Å². The summed E-state index contributed by atoms with van der Waals surface area (Å²) in [6, 6.07) is 12.3. The highest BCUT2D eigenvalue weighted by Crippen LogP contribution is 2.22. The van der Waals surface area contributed by atoms with E-state index in [4.69, 9.17) is 0 Å². The number of fused-ring (bicyclic) bond motifs is 1. The van der Waals surface area contributed by atoms with Crippen LogP contribution in [0.1, 0.15) is 22.8 Å². The number of carbonyl (C=O) groups excluding carboxylic acids is 1. The van der Waals surface area contributed by atoms with Crippen LogP contribution in [0.4, 0.5) is 5.82 Å². The molecule has 4 heterocycles. The summed E-state index contributed by atoms with van der Waals surface area (Å²) in [6.07, 6.45) is 2.50. The Hall–Kier alpha value is -3.68. The van der Waals surface area contributed by atoms with Gasteiger partial charge in [-0.2, -0.15) is 5.10 Å². The normalized spacial score (nSPS) is 14.3. The molecule has 8 nitrogen and oxygen atoms in total. The molecule has 1 saturated heterocycles. The van der Waals surface area contributed by atoms with Crippen molar-refractivity contribution in [3.05, 3.63) is 65.4 Å². The highest BCUT2D eigenvalue weighted by molar-refractivity contribution is 5.89. The molecule has 0 bridgehead atoms. The molecule has 33 heavy (non-hydrogen) atoms. The van der Waals surface area contributed by atoms with Crippen molar-refractivity contribution < 1.29 is 4.79 Å². The number of rotatable bonds is 4. The maximum Gasteiger partial charge on any atom is 0.227 e. The van der Waals surface area contributed by atoms with Gasteiger partial charge in [-0.15, -0.1) is 0 Å². The van der Waals surface area contributed by atoms with Crippen molar-refractivity contribution in [2.45, 2.75) is 27.2 Å². The third-order valence-corrected chi connectivity index (χ3v) is 6.32. The second-order valence-corrected chi connectivity index (χ2v) is 8.80. The van der Waals surface area contributed by atoms with Crippen LogP contribution in [0.15, 0.2) is 42.6 Å². The summed E-state index contributed by atoms with van der Waals surface area (Å²) in [7, 11) is 2.03. The van der Waals surface area contributed by atoms with Gasteiger partial charge >= 0.3 is 0 Å². The van der Waals surface area contributed by atoms with E-state index in [2.05, 4.69) is 42.9 Å². The van der Waals surface area contributed by atoms with Crippen LogP contribution in [-0.4, -0.2) is 61.3 Å². The molecular formula is C25H29N7O. The van der Waals surface area contributed by atoms with Gasteiger partial charge in [-0.3, -0.25) is 4.79 Å². The number of benzene rings is 1. The molecule has 0 saturated carbocycles. The average molecular weight is 444 g/mol. The molecular weight excluding hydrogens is 414 g/mol.